The molecule has 0 radical (unpaired) electrons. The summed E-state index contributed by atoms with van der Waals surface area (Å²) in [5, 5.41) is 2.67. The van der Waals surface area contributed by atoms with E-state index in [2.05, 4.69) is 12.2 Å². The number of nitrogens with one attached hydrogen (secondary N) is 1. The molecule has 0 unspecified atom stereocenters. The average molecular weight is 316 g/mol. The molecule has 0 aliphatic heterocycles. The van der Waals surface area contributed by atoms with Gasteiger partial charge in [-0.2, -0.15) is 0 Å². The van der Waals surface area contributed by atoms with Crippen LogP contribution in [-0.2, 0) is 14.8 Å². The van der Waals surface area contributed by atoms with Crippen LogP contribution < -0.4 is 9.62 Å². The van der Waals surface area contributed by atoms with E-state index in [4.69, 9.17) is 0 Å². The van der Waals surface area contributed by atoms with Crippen LogP contribution >= 0.6 is 0 Å². The Morgan fingerprint density at radius 2 is 2.05 bits per heavy atom. The van der Waals surface area contributed by atoms with Gasteiger partial charge in [-0.05, 0) is 24.6 Å². The number of carbonyl (C=O) groups is 1. The van der Waals surface area contributed by atoms with Crippen LogP contribution in [0.1, 0.15) is 26.2 Å². The zero-order chi connectivity index (χ0) is 15.9. The summed E-state index contributed by atoms with van der Waals surface area (Å²) in [7, 11) is -3.66. The van der Waals surface area contributed by atoms with Crippen molar-refractivity contribution in [3.05, 3.63) is 30.1 Å². The second kappa shape index (κ2) is 7.97. The van der Waals surface area contributed by atoms with Crippen LogP contribution in [0.2, 0.25) is 0 Å². The van der Waals surface area contributed by atoms with Gasteiger partial charge in [-0.1, -0.05) is 25.8 Å². The summed E-state index contributed by atoms with van der Waals surface area (Å²) in [6, 6.07) is 5.16. The third-order valence-electron chi connectivity index (χ3n) is 2.89. The van der Waals surface area contributed by atoms with Gasteiger partial charge in [-0.25, -0.2) is 12.8 Å². The molecule has 5 nitrogen and oxygen atoms in total. The van der Waals surface area contributed by atoms with Gasteiger partial charge in [-0.3, -0.25) is 9.10 Å². The summed E-state index contributed by atoms with van der Waals surface area (Å²) >= 11 is 0. The van der Waals surface area contributed by atoms with E-state index in [1.54, 1.807) is 0 Å². The molecule has 7 heteroatoms. The number of sulfonamides is 1. The van der Waals surface area contributed by atoms with E-state index in [-0.39, 0.29) is 12.2 Å². The van der Waals surface area contributed by atoms with Gasteiger partial charge in [-0.15, -0.1) is 0 Å². The minimum atomic E-state index is -3.66. The molecule has 0 heterocycles. The van der Waals surface area contributed by atoms with Crippen molar-refractivity contribution in [3.8, 4) is 0 Å². The third kappa shape index (κ3) is 6.12. The molecule has 0 saturated carbocycles. The molecule has 0 aliphatic carbocycles. The van der Waals surface area contributed by atoms with Crippen molar-refractivity contribution < 1.29 is 17.6 Å². The summed E-state index contributed by atoms with van der Waals surface area (Å²) < 4.78 is 37.7. The van der Waals surface area contributed by atoms with Crippen molar-refractivity contribution in [3.63, 3.8) is 0 Å². The van der Waals surface area contributed by atoms with Crippen molar-refractivity contribution in [2.24, 2.45) is 0 Å². The number of rotatable bonds is 8. The molecule has 1 aromatic carbocycles. The largest absolute Gasteiger partial charge is 0.355 e. The number of nitrogens with zero attached hydrogens (tertiary/aromatic N) is 1. The first-order valence-corrected chi connectivity index (χ1v) is 8.69. The highest BCUT2D eigenvalue weighted by Gasteiger charge is 2.20. The molecular formula is C14H21FN2O3S. The van der Waals surface area contributed by atoms with Gasteiger partial charge >= 0.3 is 0 Å². The van der Waals surface area contributed by atoms with Crippen LogP contribution in [0.3, 0.4) is 0 Å². The normalized spacial score (nSPS) is 11.2. The molecule has 0 saturated heterocycles. The molecule has 0 fully saturated rings. The van der Waals surface area contributed by atoms with Gasteiger partial charge in [0.2, 0.25) is 15.9 Å². The molecule has 118 valence electrons. The molecule has 21 heavy (non-hydrogen) atoms. The predicted octanol–water partition coefficient (Wildman–Crippen LogP) is 1.90. The van der Waals surface area contributed by atoms with E-state index in [0.717, 1.165) is 35.9 Å². The minimum absolute atomic E-state index is 0.140. The highest BCUT2D eigenvalue weighted by atomic mass is 32.2. The Morgan fingerprint density at radius 3 is 2.62 bits per heavy atom. The highest BCUT2D eigenvalue weighted by molar-refractivity contribution is 7.92. The summed E-state index contributed by atoms with van der Waals surface area (Å²) in [5.41, 5.74) is 0.140. The van der Waals surface area contributed by atoms with Crippen LogP contribution in [0.5, 0.6) is 0 Å². The number of unbranched alkanes of at least 4 members (excludes halogenated alkanes) is 2. The van der Waals surface area contributed by atoms with Gasteiger partial charge in [0.1, 0.15) is 12.4 Å². The lowest BCUT2D eigenvalue weighted by Crippen LogP contribution is -2.40. The average Bonchev–Trinajstić information content (AvgIpc) is 2.40. The molecule has 0 aliphatic rings. The van der Waals surface area contributed by atoms with Gasteiger partial charge < -0.3 is 5.32 Å². The number of anilines is 1. The smallest absolute Gasteiger partial charge is 0.240 e. The monoisotopic (exact) mass is 316 g/mol. The Morgan fingerprint density at radius 1 is 1.33 bits per heavy atom. The Kier molecular flexibility index (Phi) is 6.61. The van der Waals surface area contributed by atoms with Crippen LogP contribution in [0.25, 0.3) is 0 Å². The minimum Gasteiger partial charge on any atom is -0.355 e. The summed E-state index contributed by atoms with van der Waals surface area (Å²) in [6.45, 7) is 2.21. The second-order valence-electron chi connectivity index (χ2n) is 4.81. The summed E-state index contributed by atoms with van der Waals surface area (Å²) in [6.07, 6.45) is 3.87. The van der Waals surface area contributed by atoms with Crippen LogP contribution in [-0.4, -0.2) is 33.7 Å². The molecule has 1 rings (SSSR count). The number of benzene rings is 1. The maximum absolute atomic E-state index is 13.2. The quantitative estimate of drug-likeness (QED) is 0.745. The van der Waals surface area contributed by atoms with E-state index in [1.165, 1.54) is 18.2 Å². The van der Waals surface area contributed by atoms with E-state index >= 15 is 0 Å². The fraction of sp³-hybridized carbons (Fsp3) is 0.500. The molecule has 0 atom stereocenters. The number of amides is 1. The first-order chi connectivity index (χ1) is 9.84. The maximum Gasteiger partial charge on any atom is 0.240 e. The predicted molar refractivity (Wildman–Crippen MR) is 81.1 cm³/mol. The van der Waals surface area contributed by atoms with Crippen molar-refractivity contribution in [2.75, 3.05) is 23.7 Å². The number of hydrogen-bond acceptors (Lipinski definition) is 3. The topological polar surface area (TPSA) is 66.5 Å². The zero-order valence-corrected chi connectivity index (χ0v) is 13.1. The lowest BCUT2D eigenvalue weighted by molar-refractivity contribution is -0.119. The van der Waals surface area contributed by atoms with Gasteiger partial charge in [0.15, 0.2) is 0 Å². The lowest BCUT2D eigenvalue weighted by atomic mass is 10.2. The molecule has 0 spiro atoms. The van der Waals surface area contributed by atoms with Crippen molar-refractivity contribution >= 4 is 21.6 Å². The van der Waals surface area contributed by atoms with E-state index < -0.39 is 21.7 Å². The standard InChI is InChI=1S/C14H21FN2O3S/c1-3-4-5-9-16-14(18)11-17(21(2,19)20)13-8-6-7-12(15)10-13/h6-8,10H,3-5,9,11H2,1-2H3,(H,16,18). The SMILES string of the molecule is CCCCCNC(=O)CN(c1cccc(F)c1)S(C)(=O)=O. The van der Waals surface area contributed by atoms with Crippen molar-refractivity contribution in [1.82, 2.24) is 5.32 Å². The molecule has 1 aromatic rings. The lowest BCUT2D eigenvalue weighted by Gasteiger charge is -2.21. The molecule has 0 bridgehead atoms. The van der Waals surface area contributed by atoms with E-state index in [1.807, 2.05) is 0 Å². The summed E-state index contributed by atoms with van der Waals surface area (Å²) in [4.78, 5) is 11.8. The highest BCUT2D eigenvalue weighted by Crippen LogP contribution is 2.18. The van der Waals surface area contributed by atoms with Crippen LogP contribution in [0.4, 0.5) is 10.1 Å². The molecular weight excluding hydrogens is 295 g/mol. The number of hydrogen-bond donors (Lipinski definition) is 1. The van der Waals surface area contributed by atoms with Crippen LogP contribution in [0.15, 0.2) is 24.3 Å². The zero-order valence-electron chi connectivity index (χ0n) is 12.3. The maximum atomic E-state index is 13.2. The van der Waals surface area contributed by atoms with E-state index in [0.29, 0.717) is 6.54 Å². The second-order valence-corrected chi connectivity index (χ2v) is 6.71. The summed E-state index contributed by atoms with van der Waals surface area (Å²) in [5.74, 6) is -0.953. The van der Waals surface area contributed by atoms with E-state index in [9.17, 15) is 17.6 Å². The number of halogens is 1. The van der Waals surface area contributed by atoms with Gasteiger partial charge in [0, 0.05) is 6.54 Å². The van der Waals surface area contributed by atoms with Gasteiger partial charge in [0.05, 0.1) is 11.9 Å². The first kappa shape index (κ1) is 17.4. The van der Waals surface area contributed by atoms with Crippen LogP contribution in [0, 0.1) is 5.82 Å². The Labute approximate surface area is 125 Å². The number of carbonyl (C=O) groups excluding carboxylic acids is 1. The van der Waals surface area contributed by atoms with Crippen molar-refractivity contribution in [1.29, 1.82) is 0 Å². The van der Waals surface area contributed by atoms with Crippen molar-refractivity contribution in [2.45, 2.75) is 26.2 Å². The fourth-order valence-corrected chi connectivity index (χ4v) is 2.67. The third-order valence-corrected chi connectivity index (χ3v) is 4.03. The Hall–Kier alpha value is -1.63. The Bertz CT molecular complexity index is 575. The molecule has 0 aromatic heterocycles. The Balaban J connectivity index is 2.75. The van der Waals surface area contributed by atoms with Gasteiger partial charge in [0.25, 0.3) is 0 Å². The first-order valence-electron chi connectivity index (χ1n) is 6.84. The molecule has 1 N–H and O–H groups in total. The fourth-order valence-electron chi connectivity index (χ4n) is 1.82. The molecule has 1 amide bonds.